The van der Waals surface area contributed by atoms with Gasteiger partial charge in [-0.05, 0) is 99.0 Å². The number of carbonyl (C=O) groups excluding carboxylic acids is 4. The molecule has 0 atom stereocenters. The van der Waals surface area contributed by atoms with E-state index in [-0.39, 0.29) is 42.2 Å². The molecule has 0 amide bonds. The van der Waals surface area contributed by atoms with Crippen LogP contribution in [0.1, 0.15) is 101 Å². The van der Waals surface area contributed by atoms with Crippen molar-refractivity contribution in [2.75, 3.05) is 26.4 Å². The summed E-state index contributed by atoms with van der Waals surface area (Å²) < 4.78 is 21.1. The summed E-state index contributed by atoms with van der Waals surface area (Å²) in [7, 11) is 0. The maximum absolute atomic E-state index is 12.3. The number of esters is 2. The highest BCUT2D eigenvalue weighted by Crippen LogP contribution is 2.39. The number of benzene rings is 2. The molecule has 2 heterocycles. The second-order valence-corrected chi connectivity index (χ2v) is 16.5. The Kier molecular flexibility index (Phi) is 17.5. The monoisotopic (exact) mass is 775 g/mol. The Morgan fingerprint density at radius 2 is 0.911 bits per heavy atom. The molecule has 5 fully saturated rings. The van der Waals surface area contributed by atoms with Crippen molar-refractivity contribution >= 4 is 29.5 Å². The molecule has 7 rings (SSSR count). The second-order valence-electron chi connectivity index (χ2n) is 16.5. The molecule has 3 saturated carbocycles. The number of hydrogen-bond acceptors (Lipinski definition) is 10. The maximum atomic E-state index is 12.3. The number of nitrogens with two attached hydrogens (primary N) is 1. The summed E-state index contributed by atoms with van der Waals surface area (Å²) >= 11 is 0. The van der Waals surface area contributed by atoms with E-state index in [4.69, 9.17) is 29.8 Å². The van der Waals surface area contributed by atoms with E-state index < -0.39 is 5.97 Å². The third-order valence-electron chi connectivity index (χ3n) is 12.0. The minimum atomic E-state index is -0.760. The Hall–Kier alpha value is -3.93. The quantitative estimate of drug-likeness (QED) is 0.181. The van der Waals surface area contributed by atoms with Gasteiger partial charge in [-0.2, -0.15) is 0 Å². The number of aliphatic carboxylic acids is 1. The summed E-state index contributed by atoms with van der Waals surface area (Å²) in [5.41, 5.74) is 7.63. The van der Waals surface area contributed by atoms with Crippen molar-refractivity contribution in [1.29, 1.82) is 0 Å². The van der Waals surface area contributed by atoms with Gasteiger partial charge in [0.1, 0.15) is 24.8 Å². The van der Waals surface area contributed by atoms with E-state index in [9.17, 15) is 24.0 Å². The van der Waals surface area contributed by atoms with Crippen LogP contribution in [0.25, 0.3) is 0 Å². The molecule has 3 N–H and O–H groups in total. The van der Waals surface area contributed by atoms with E-state index in [1.165, 1.54) is 0 Å². The van der Waals surface area contributed by atoms with Crippen molar-refractivity contribution in [3.63, 3.8) is 0 Å². The molecule has 56 heavy (non-hydrogen) atoms. The maximum Gasteiger partial charge on any atom is 0.306 e. The summed E-state index contributed by atoms with van der Waals surface area (Å²) in [5.74, 6) is 1.43. The molecule has 306 valence electrons. The Morgan fingerprint density at radius 1 is 0.536 bits per heavy atom. The van der Waals surface area contributed by atoms with E-state index in [1.807, 2.05) is 60.7 Å². The lowest BCUT2D eigenvalue weighted by molar-refractivity contribution is -0.152. The van der Waals surface area contributed by atoms with Crippen LogP contribution in [0.4, 0.5) is 0 Å². The minimum absolute atomic E-state index is 0.154. The standard InChI is InChI=1S/C20H26O4.C14H16O4.C11H19NO2/c21-19(12-15-6-8-23-9-7-15)18-10-17(11-18)13-20(22)24-14-16-4-2-1-3-5-16;15-13(8-11-6-12(7-11)14(16)17)18-9-10-4-2-1-3-5-10;12-10-6-9(7-10)11(13)5-8-1-3-14-4-2-8/h1-5,15,17-18H,6-14H2;1-5,11-12H,6-9H2,(H,16,17);8-10H,1-7,12H2. The molecule has 2 aliphatic heterocycles. The lowest BCUT2D eigenvalue weighted by atomic mass is 9.69. The second kappa shape index (κ2) is 22.7. The zero-order chi connectivity index (χ0) is 39.7. The molecule has 2 saturated heterocycles. The van der Waals surface area contributed by atoms with Gasteiger partial charge in [-0.15, -0.1) is 0 Å². The van der Waals surface area contributed by atoms with Gasteiger partial charge in [-0.1, -0.05) is 60.7 Å². The number of carboxylic acids is 1. The Morgan fingerprint density at radius 3 is 1.29 bits per heavy atom. The van der Waals surface area contributed by atoms with Gasteiger partial charge in [-0.25, -0.2) is 0 Å². The molecule has 5 aliphatic rings. The molecule has 0 radical (unpaired) electrons. The Labute approximate surface area is 331 Å². The first-order chi connectivity index (χ1) is 27.1. The van der Waals surface area contributed by atoms with Crippen LogP contribution in [0, 0.1) is 41.4 Å². The number of hydrogen-bond donors (Lipinski definition) is 2. The molecular formula is C45H61NO10. The van der Waals surface area contributed by atoms with Gasteiger partial charge in [0.15, 0.2) is 0 Å². The summed E-state index contributed by atoms with van der Waals surface area (Å²) in [5, 5.41) is 8.72. The lowest BCUT2D eigenvalue weighted by Gasteiger charge is -2.34. The fourth-order valence-corrected chi connectivity index (χ4v) is 8.06. The average molecular weight is 776 g/mol. The first-order valence-corrected chi connectivity index (χ1v) is 20.7. The first kappa shape index (κ1) is 43.2. The summed E-state index contributed by atoms with van der Waals surface area (Å²) in [6.45, 7) is 3.87. The van der Waals surface area contributed by atoms with Gasteiger partial charge in [-0.3, -0.25) is 24.0 Å². The van der Waals surface area contributed by atoms with Crippen molar-refractivity contribution in [3.8, 4) is 0 Å². The summed E-state index contributed by atoms with van der Waals surface area (Å²) in [4.78, 5) is 58.0. The molecule has 11 nitrogen and oxygen atoms in total. The first-order valence-electron chi connectivity index (χ1n) is 20.7. The third-order valence-corrected chi connectivity index (χ3v) is 12.0. The summed E-state index contributed by atoms with van der Waals surface area (Å²) in [6, 6.07) is 19.5. The molecule has 0 spiro atoms. The molecule has 3 aliphatic carbocycles. The number of carboxylic acid groups (broad SMARTS) is 1. The highest BCUT2D eigenvalue weighted by Gasteiger charge is 2.37. The van der Waals surface area contributed by atoms with Gasteiger partial charge < -0.3 is 29.8 Å². The highest BCUT2D eigenvalue weighted by atomic mass is 16.5. The predicted octanol–water partition coefficient (Wildman–Crippen LogP) is 6.87. The molecule has 0 unspecified atom stereocenters. The lowest BCUT2D eigenvalue weighted by Crippen LogP contribution is -2.41. The van der Waals surface area contributed by atoms with Gasteiger partial charge in [0.2, 0.25) is 0 Å². The van der Waals surface area contributed by atoms with Crippen molar-refractivity contribution in [2.24, 2.45) is 47.2 Å². The topological polar surface area (TPSA) is 169 Å². The van der Waals surface area contributed by atoms with Crippen LogP contribution in [0.15, 0.2) is 60.7 Å². The number of ether oxygens (including phenoxy) is 4. The van der Waals surface area contributed by atoms with Gasteiger partial charge >= 0.3 is 17.9 Å². The minimum Gasteiger partial charge on any atom is -0.481 e. The number of ketones is 2. The molecule has 11 heteroatoms. The van der Waals surface area contributed by atoms with Crippen LogP contribution in [0.2, 0.25) is 0 Å². The molecule has 0 aromatic heterocycles. The molecule has 2 aromatic rings. The fraction of sp³-hybridized carbons (Fsp3) is 0.622. The van der Waals surface area contributed by atoms with Crippen LogP contribution < -0.4 is 5.73 Å². The molecule has 2 aromatic carbocycles. The van der Waals surface area contributed by atoms with Crippen LogP contribution in [-0.2, 0) is 56.1 Å². The fourth-order valence-electron chi connectivity index (χ4n) is 8.06. The number of rotatable bonds is 15. The van der Waals surface area contributed by atoms with Gasteiger partial charge in [0.05, 0.1) is 5.92 Å². The van der Waals surface area contributed by atoms with Crippen LogP contribution in [0.5, 0.6) is 0 Å². The normalized spacial score (nSPS) is 25.9. The highest BCUT2D eigenvalue weighted by molar-refractivity contribution is 5.83. The van der Waals surface area contributed by atoms with Gasteiger partial charge in [0, 0.05) is 70.0 Å². The molecular weight excluding hydrogens is 714 g/mol. The Balaban J connectivity index is 0.000000167. The average Bonchev–Trinajstić information content (AvgIpc) is 3.16. The third kappa shape index (κ3) is 14.9. The van der Waals surface area contributed by atoms with Crippen LogP contribution in [-0.4, -0.2) is 67.1 Å². The Bertz CT molecular complexity index is 1520. The van der Waals surface area contributed by atoms with E-state index in [0.717, 1.165) is 95.3 Å². The van der Waals surface area contributed by atoms with E-state index in [0.29, 0.717) is 74.1 Å². The predicted molar refractivity (Wildman–Crippen MR) is 209 cm³/mol. The zero-order valence-electron chi connectivity index (χ0n) is 32.7. The number of Topliss-reactive ketones (excluding diaryl/α,β-unsaturated/α-hetero) is 2. The van der Waals surface area contributed by atoms with E-state index >= 15 is 0 Å². The number of carbonyl (C=O) groups is 5. The van der Waals surface area contributed by atoms with Crippen molar-refractivity contribution in [1.82, 2.24) is 0 Å². The van der Waals surface area contributed by atoms with Crippen LogP contribution in [0.3, 0.4) is 0 Å². The summed E-state index contributed by atoms with van der Waals surface area (Å²) in [6.07, 6.45) is 11.1. The smallest absolute Gasteiger partial charge is 0.306 e. The van der Waals surface area contributed by atoms with E-state index in [2.05, 4.69) is 0 Å². The van der Waals surface area contributed by atoms with Crippen molar-refractivity contribution in [3.05, 3.63) is 71.8 Å². The van der Waals surface area contributed by atoms with Gasteiger partial charge in [0.25, 0.3) is 0 Å². The van der Waals surface area contributed by atoms with E-state index in [1.54, 1.807) is 0 Å². The zero-order valence-corrected chi connectivity index (χ0v) is 32.7. The molecule has 0 bridgehead atoms. The van der Waals surface area contributed by atoms with Crippen molar-refractivity contribution in [2.45, 2.75) is 109 Å². The van der Waals surface area contributed by atoms with Crippen molar-refractivity contribution < 1.29 is 48.0 Å². The SMILES string of the molecule is NC1CC(C(=O)CC2CCOCC2)C1.O=C(CC1CC(C(=O)CC2CCOCC2)C1)OCc1ccccc1.O=C(CC1CC(C(=O)O)C1)OCc1ccccc1. The van der Waals surface area contributed by atoms with Crippen LogP contribution >= 0.6 is 0 Å². The largest absolute Gasteiger partial charge is 0.481 e.